The average Bonchev–Trinajstić information content (AvgIpc) is 3.47. The Balaban J connectivity index is 1.20. The van der Waals surface area contributed by atoms with Crippen LogP contribution in [0.2, 0.25) is 0 Å². The van der Waals surface area contributed by atoms with Crippen LogP contribution in [0.5, 0.6) is 5.75 Å². The van der Waals surface area contributed by atoms with Crippen molar-refractivity contribution in [3.8, 4) is 5.75 Å². The van der Waals surface area contributed by atoms with Crippen molar-refractivity contribution in [2.75, 3.05) is 0 Å². The SMILES string of the molecule is C(=C\c1nc(COc2ccc(CCCCn3ccnn3)cc2)co1)/c1ccncc1. The highest BCUT2D eigenvalue weighted by Gasteiger charge is 2.03. The van der Waals surface area contributed by atoms with Crippen LogP contribution < -0.4 is 4.74 Å². The molecule has 1 aromatic carbocycles. The van der Waals surface area contributed by atoms with Crippen LogP contribution >= 0.6 is 0 Å². The van der Waals surface area contributed by atoms with E-state index in [9.17, 15) is 0 Å². The van der Waals surface area contributed by atoms with Crippen LogP contribution in [0.15, 0.2) is 71.9 Å². The topological polar surface area (TPSA) is 78.9 Å². The third-order valence-corrected chi connectivity index (χ3v) is 4.58. The van der Waals surface area contributed by atoms with Crippen molar-refractivity contribution in [2.24, 2.45) is 0 Å². The van der Waals surface area contributed by atoms with Crippen LogP contribution in [-0.2, 0) is 19.6 Å². The Labute approximate surface area is 175 Å². The van der Waals surface area contributed by atoms with Crippen molar-refractivity contribution < 1.29 is 9.15 Å². The fourth-order valence-corrected chi connectivity index (χ4v) is 2.97. The quantitative estimate of drug-likeness (QED) is 0.366. The highest BCUT2D eigenvalue weighted by molar-refractivity contribution is 5.65. The van der Waals surface area contributed by atoms with E-state index < -0.39 is 0 Å². The summed E-state index contributed by atoms with van der Waals surface area (Å²) in [5.74, 6) is 1.37. The number of rotatable bonds is 10. The monoisotopic (exact) mass is 401 g/mol. The molecular formula is C23H23N5O2. The van der Waals surface area contributed by atoms with Crippen LogP contribution in [0.25, 0.3) is 12.2 Å². The molecule has 0 N–H and O–H groups in total. The first-order valence-corrected chi connectivity index (χ1v) is 9.93. The first kappa shape index (κ1) is 19.6. The van der Waals surface area contributed by atoms with Crippen LogP contribution in [0.4, 0.5) is 0 Å². The number of pyridine rings is 1. The van der Waals surface area contributed by atoms with Crippen molar-refractivity contribution in [1.29, 1.82) is 0 Å². The van der Waals surface area contributed by atoms with Gasteiger partial charge in [-0.25, -0.2) is 4.98 Å². The van der Waals surface area contributed by atoms with Crippen LogP contribution in [0.3, 0.4) is 0 Å². The number of hydrogen-bond acceptors (Lipinski definition) is 6. The minimum atomic E-state index is 0.365. The maximum Gasteiger partial charge on any atom is 0.218 e. The van der Waals surface area contributed by atoms with E-state index in [1.807, 2.05) is 47.3 Å². The zero-order valence-corrected chi connectivity index (χ0v) is 16.6. The van der Waals surface area contributed by atoms with Crippen molar-refractivity contribution in [2.45, 2.75) is 32.4 Å². The minimum Gasteiger partial charge on any atom is -0.487 e. The molecule has 3 heterocycles. The molecule has 7 nitrogen and oxygen atoms in total. The van der Waals surface area contributed by atoms with E-state index in [-0.39, 0.29) is 0 Å². The molecule has 0 amide bonds. The fraction of sp³-hybridized carbons (Fsp3) is 0.217. The fourth-order valence-electron chi connectivity index (χ4n) is 2.97. The van der Waals surface area contributed by atoms with Gasteiger partial charge in [-0.3, -0.25) is 9.67 Å². The summed E-state index contributed by atoms with van der Waals surface area (Å²) in [4.78, 5) is 8.42. The number of benzene rings is 1. The Bertz CT molecular complexity index is 1040. The number of nitrogens with zero attached hydrogens (tertiary/aromatic N) is 5. The lowest BCUT2D eigenvalue weighted by molar-refractivity contribution is 0.301. The van der Waals surface area contributed by atoms with Crippen molar-refractivity contribution in [3.63, 3.8) is 0 Å². The Kier molecular flexibility index (Phi) is 6.63. The minimum absolute atomic E-state index is 0.365. The van der Waals surface area contributed by atoms with E-state index in [4.69, 9.17) is 9.15 Å². The highest BCUT2D eigenvalue weighted by Crippen LogP contribution is 2.16. The van der Waals surface area contributed by atoms with Gasteiger partial charge < -0.3 is 9.15 Å². The molecule has 0 fully saturated rings. The second-order valence-corrected chi connectivity index (χ2v) is 6.85. The van der Waals surface area contributed by atoms with Gasteiger partial charge in [0.15, 0.2) is 0 Å². The Morgan fingerprint density at radius 3 is 2.63 bits per heavy atom. The van der Waals surface area contributed by atoms with E-state index in [0.717, 1.165) is 42.8 Å². The summed E-state index contributed by atoms with van der Waals surface area (Å²) in [7, 11) is 0. The average molecular weight is 401 g/mol. The van der Waals surface area contributed by atoms with Crippen molar-refractivity contribution in [1.82, 2.24) is 25.0 Å². The molecule has 30 heavy (non-hydrogen) atoms. The normalized spacial score (nSPS) is 11.2. The molecule has 0 atom stereocenters. The van der Waals surface area contributed by atoms with E-state index in [1.54, 1.807) is 24.9 Å². The first-order valence-electron chi connectivity index (χ1n) is 9.93. The lowest BCUT2D eigenvalue weighted by atomic mass is 10.1. The second-order valence-electron chi connectivity index (χ2n) is 6.85. The van der Waals surface area contributed by atoms with Crippen LogP contribution in [-0.4, -0.2) is 25.0 Å². The molecule has 0 aliphatic heterocycles. The molecule has 7 heteroatoms. The van der Waals surface area contributed by atoms with E-state index in [0.29, 0.717) is 12.5 Å². The summed E-state index contributed by atoms with van der Waals surface area (Å²) >= 11 is 0. The standard InChI is InChI=1S/C23H23N5O2/c1(2-15-28-16-14-25-27-28)3-19-4-7-22(8-5-19)29-17-21-18-30-23(26-21)9-6-20-10-12-24-13-11-20/h4-14,16,18H,1-3,15,17H2/b9-6+. The zero-order valence-electron chi connectivity index (χ0n) is 16.6. The molecule has 0 unspecified atom stereocenters. The molecule has 0 aliphatic rings. The van der Waals surface area contributed by atoms with Crippen LogP contribution in [0.1, 0.15) is 35.6 Å². The van der Waals surface area contributed by atoms with E-state index in [2.05, 4.69) is 32.4 Å². The molecule has 0 bridgehead atoms. The smallest absolute Gasteiger partial charge is 0.218 e. The summed E-state index contributed by atoms with van der Waals surface area (Å²) in [6.45, 7) is 1.27. The molecule has 152 valence electrons. The van der Waals surface area contributed by atoms with Gasteiger partial charge in [-0.2, -0.15) is 0 Å². The predicted molar refractivity (Wildman–Crippen MR) is 113 cm³/mol. The van der Waals surface area contributed by atoms with Gasteiger partial charge in [0, 0.05) is 31.2 Å². The molecule has 4 aromatic rings. The molecule has 3 aromatic heterocycles. The number of ether oxygens (including phenoxy) is 1. The van der Waals surface area contributed by atoms with Gasteiger partial charge >= 0.3 is 0 Å². The Morgan fingerprint density at radius 1 is 0.967 bits per heavy atom. The molecule has 4 rings (SSSR count). The summed E-state index contributed by atoms with van der Waals surface area (Å²) in [6.07, 6.45) is 15.7. The molecular weight excluding hydrogens is 378 g/mol. The maximum absolute atomic E-state index is 5.82. The first-order chi connectivity index (χ1) is 14.8. The summed E-state index contributed by atoms with van der Waals surface area (Å²) in [6, 6.07) is 12.1. The van der Waals surface area contributed by atoms with Gasteiger partial charge in [-0.05, 0) is 60.7 Å². The van der Waals surface area contributed by atoms with E-state index in [1.165, 1.54) is 5.56 Å². The van der Waals surface area contributed by atoms with Gasteiger partial charge in [-0.15, -0.1) is 5.10 Å². The molecule has 0 saturated carbocycles. The third kappa shape index (κ3) is 5.88. The van der Waals surface area contributed by atoms with Crippen molar-refractivity contribution >= 4 is 12.2 Å². The molecule has 0 aliphatic carbocycles. The zero-order chi connectivity index (χ0) is 20.4. The second kappa shape index (κ2) is 10.2. The Morgan fingerprint density at radius 2 is 1.83 bits per heavy atom. The number of unbranched alkanes of at least 4 members (excludes halogenated alkanes) is 1. The van der Waals surface area contributed by atoms with Gasteiger partial charge in [0.25, 0.3) is 0 Å². The molecule has 0 saturated heterocycles. The number of aryl methyl sites for hydroxylation is 2. The van der Waals surface area contributed by atoms with Gasteiger partial charge in [-0.1, -0.05) is 17.3 Å². The summed E-state index contributed by atoms with van der Waals surface area (Å²) in [5.41, 5.74) is 3.09. The third-order valence-electron chi connectivity index (χ3n) is 4.58. The lowest BCUT2D eigenvalue weighted by Gasteiger charge is -2.06. The summed E-state index contributed by atoms with van der Waals surface area (Å²) < 4.78 is 13.2. The van der Waals surface area contributed by atoms with Gasteiger partial charge in [0.2, 0.25) is 5.89 Å². The van der Waals surface area contributed by atoms with Gasteiger partial charge in [0.05, 0.1) is 6.20 Å². The molecule has 0 spiro atoms. The number of oxazole rings is 1. The highest BCUT2D eigenvalue weighted by atomic mass is 16.5. The lowest BCUT2D eigenvalue weighted by Crippen LogP contribution is -1.99. The molecule has 0 radical (unpaired) electrons. The van der Waals surface area contributed by atoms with Crippen LogP contribution in [0, 0.1) is 0 Å². The Hall–Kier alpha value is -3.74. The summed E-state index contributed by atoms with van der Waals surface area (Å²) in [5, 5.41) is 7.79. The predicted octanol–water partition coefficient (Wildman–Crippen LogP) is 4.43. The van der Waals surface area contributed by atoms with Gasteiger partial charge in [0.1, 0.15) is 24.3 Å². The number of hydrogen-bond donors (Lipinski definition) is 0. The van der Waals surface area contributed by atoms with E-state index >= 15 is 0 Å². The maximum atomic E-state index is 5.82. The number of aromatic nitrogens is 5. The largest absolute Gasteiger partial charge is 0.487 e. The van der Waals surface area contributed by atoms with Crippen molar-refractivity contribution in [3.05, 3.63) is 90.2 Å².